The quantitative estimate of drug-likeness (QED) is 0.349. The zero-order chi connectivity index (χ0) is 21.8. The third kappa shape index (κ3) is 2.79. The number of nitrogens with zero attached hydrogens (tertiary/aromatic N) is 1. The predicted octanol–water partition coefficient (Wildman–Crippen LogP) is 5.98. The lowest BCUT2D eigenvalue weighted by Crippen LogP contribution is -2.57. The van der Waals surface area contributed by atoms with Crippen LogP contribution in [0.1, 0.15) is 28.3 Å². The van der Waals surface area contributed by atoms with Crippen molar-refractivity contribution in [3.63, 3.8) is 0 Å². The predicted molar refractivity (Wildman–Crippen MR) is 138 cm³/mol. The van der Waals surface area contributed by atoms with Crippen LogP contribution in [0.4, 0.5) is 0 Å². The molecule has 0 saturated heterocycles. The maximum Gasteiger partial charge on any atom is 0.325 e. The molecule has 0 N–H and O–H groups in total. The Morgan fingerprint density at radius 1 is 0.719 bits per heavy atom. The average molecular weight is 411 g/mol. The molecule has 4 aromatic rings. The van der Waals surface area contributed by atoms with Gasteiger partial charge in [-0.25, -0.2) is 0 Å². The highest BCUT2D eigenvalue weighted by atomic mass is 15.1. The van der Waals surface area contributed by atoms with Crippen LogP contribution in [0.5, 0.6) is 0 Å². The fraction of sp³-hybridized carbons (Fsp3) is 0.133. The van der Waals surface area contributed by atoms with E-state index in [1.165, 1.54) is 55.1 Å². The molecule has 32 heavy (non-hydrogen) atoms. The van der Waals surface area contributed by atoms with Crippen LogP contribution < -0.4 is 10.9 Å². The van der Waals surface area contributed by atoms with E-state index in [0.29, 0.717) is 0 Å². The van der Waals surface area contributed by atoms with Crippen molar-refractivity contribution in [2.45, 2.75) is 26.8 Å². The van der Waals surface area contributed by atoms with Crippen LogP contribution in [0.15, 0.2) is 97.2 Å². The summed E-state index contributed by atoms with van der Waals surface area (Å²) in [6, 6.07) is 27.3. The van der Waals surface area contributed by atoms with Crippen LogP contribution in [0.2, 0.25) is 0 Å². The normalized spacial score (nSPS) is 16.5. The second-order valence-electron chi connectivity index (χ2n) is 9.17. The van der Waals surface area contributed by atoms with Gasteiger partial charge in [0.25, 0.3) is 0 Å². The zero-order valence-corrected chi connectivity index (χ0v) is 18.8. The lowest BCUT2D eigenvalue weighted by atomic mass is 9.45. The van der Waals surface area contributed by atoms with Gasteiger partial charge in [0.1, 0.15) is 0 Å². The summed E-state index contributed by atoms with van der Waals surface area (Å²) in [6.07, 6.45) is 9.01. The van der Waals surface area contributed by atoms with Gasteiger partial charge in [-0.1, -0.05) is 102 Å². The second kappa shape index (κ2) is 7.27. The number of fused-ring (bicyclic) bond motifs is 7. The summed E-state index contributed by atoms with van der Waals surface area (Å²) < 4.78 is 0. The van der Waals surface area contributed by atoms with Gasteiger partial charge in [-0.15, -0.1) is 0 Å². The van der Waals surface area contributed by atoms with Crippen molar-refractivity contribution in [3.8, 4) is 11.1 Å². The van der Waals surface area contributed by atoms with Crippen LogP contribution in [0, 0.1) is 20.8 Å². The van der Waals surface area contributed by atoms with E-state index in [0.717, 1.165) is 0 Å². The topological polar surface area (TPSA) is 3.24 Å². The Hall–Kier alpha value is -3.52. The molecule has 154 valence electrons. The summed E-state index contributed by atoms with van der Waals surface area (Å²) in [6.45, 7) is 6.88. The molecule has 0 amide bonds. The molecule has 0 bridgehead atoms. The summed E-state index contributed by atoms with van der Waals surface area (Å²) in [7, 11) is 0. The fourth-order valence-corrected chi connectivity index (χ4v) is 5.91. The summed E-state index contributed by atoms with van der Waals surface area (Å²) in [4.78, 5) is 2.57. The van der Waals surface area contributed by atoms with E-state index >= 15 is 0 Å². The van der Waals surface area contributed by atoms with Gasteiger partial charge in [-0.3, -0.25) is 0 Å². The molecule has 0 radical (unpaired) electrons. The molecule has 0 aliphatic carbocycles. The Morgan fingerprint density at radius 2 is 1.47 bits per heavy atom. The first-order valence-electron chi connectivity index (χ1n) is 11.4. The minimum Gasteiger partial charge on any atom is -0.403 e. The van der Waals surface area contributed by atoms with Gasteiger partial charge in [-0.05, 0) is 71.4 Å². The van der Waals surface area contributed by atoms with Crippen LogP contribution in [0.25, 0.3) is 21.9 Å². The Labute approximate surface area is 190 Å². The summed E-state index contributed by atoms with van der Waals surface area (Å²) >= 11 is 0. The number of aryl methyl sites for hydroxylation is 3. The fourth-order valence-electron chi connectivity index (χ4n) is 5.91. The maximum atomic E-state index is 2.57. The highest BCUT2D eigenvalue weighted by Crippen LogP contribution is 2.39. The third-order valence-corrected chi connectivity index (χ3v) is 7.11. The lowest BCUT2D eigenvalue weighted by Gasteiger charge is -2.37. The van der Waals surface area contributed by atoms with Crippen molar-refractivity contribution in [2.24, 2.45) is 0 Å². The van der Waals surface area contributed by atoms with Crippen LogP contribution in [0.3, 0.4) is 0 Å². The van der Waals surface area contributed by atoms with Crippen molar-refractivity contribution in [3.05, 3.63) is 119 Å². The van der Waals surface area contributed by atoms with E-state index in [-0.39, 0.29) is 12.9 Å². The monoisotopic (exact) mass is 411 g/mol. The third-order valence-electron chi connectivity index (χ3n) is 7.11. The SMILES string of the molecule is Cc1cc(C)c(B2c3c(ccc4ccccc34)-c3ccccc3[C@@H]3C=CC=CN23)c(C)c1. The van der Waals surface area contributed by atoms with Gasteiger partial charge in [0.05, 0.1) is 6.04 Å². The van der Waals surface area contributed by atoms with Crippen LogP contribution >= 0.6 is 0 Å². The summed E-state index contributed by atoms with van der Waals surface area (Å²) in [5, 5.41) is 2.64. The van der Waals surface area contributed by atoms with E-state index in [1.54, 1.807) is 0 Å². The van der Waals surface area contributed by atoms with E-state index in [9.17, 15) is 0 Å². The minimum absolute atomic E-state index is 0.135. The second-order valence-corrected chi connectivity index (χ2v) is 9.17. The van der Waals surface area contributed by atoms with Gasteiger partial charge < -0.3 is 4.81 Å². The molecule has 0 spiro atoms. The van der Waals surface area contributed by atoms with Crippen molar-refractivity contribution in [2.75, 3.05) is 0 Å². The number of hydrogen-bond acceptors (Lipinski definition) is 1. The zero-order valence-electron chi connectivity index (χ0n) is 18.8. The smallest absolute Gasteiger partial charge is 0.325 e. The molecule has 4 aromatic carbocycles. The number of rotatable bonds is 1. The van der Waals surface area contributed by atoms with Gasteiger partial charge in [0.2, 0.25) is 0 Å². The first-order valence-corrected chi connectivity index (χ1v) is 11.4. The van der Waals surface area contributed by atoms with Crippen molar-refractivity contribution in [1.29, 1.82) is 0 Å². The number of hydrogen-bond donors (Lipinski definition) is 0. The van der Waals surface area contributed by atoms with Gasteiger partial charge in [0, 0.05) is 0 Å². The lowest BCUT2D eigenvalue weighted by molar-refractivity contribution is 0.504. The molecule has 2 aliphatic rings. The molecular formula is C30H26BN. The van der Waals surface area contributed by atoms with E-state index in [2.05, 4.69) is 123 Å². The molecule has 2 heteroatoms. The standard InChI is InChI=1S/C30H26BN/c1-20-18-21(2)29(22(3)19-20)31-30-24-11-5-4-10-23(24)15-16-27(30)25-12-6-7-13-26(25)28-14-8-9-17-32(28)31/h4-19,28H,1-3H3/t28-/m0/s1. The Kier molecular flexibility index (Phi) is 4.36. The molecule has 0 unspecified atom stereocenters. The highest BCUT2D eigenvalue weighted by Gasteiger charge is 2.39. The summed E-state index contributed by atoms with van der Waals surface area (Å²) in [5.74, 6) is 0. The van der Waals surface area contributed by atoms with Crippen LogP contribution in [-0.4, -0.2) is 11.7 Å². The molecule has 0 aromatic heterocycles. The summed E-state index contributed by atoms with van der Waals surface area (Å²) in [5.41, 5.74) is 10.9. The first kappa shape index (κ1) is 19.2. The van der Waals surface area contributed by atoms with E-state index in [1.807, 2.05) is 0 Å². The first-order chi connectivity index (χ1) is 15.6. The molecule has 1 atom stereocenters. The molecule has 0 fully saturated rings. The van der Waals surface area contributed by atoms with Gasteiger partial charge in [-0.2, -0.15) is 0 Å². The molecule has 2 aliphatic heterocycles. The number of allylic oxidation sites excluding steroid dienone is 2. The van der Waals surface area contributed by atoms with Crippen molar-refractivity contribution in [1.82, 2.24) is 4.81 Å². The average Bonchev–Trinajstić information content (AvgIpc) is 2.92. The Morgan fingerprint density at radius 3 is 2.31 bits per heavy atom. The maximum absolute atomic E-state index is 2.57. The van der Waals surface area contributed by atoms with E-state index in [4.69, 9.17) is 0 Å². The molecule has 2 heterocycles. The molecule has 1 nitrogen and oxygen atoms in total. The molecule has 0 saturated carbocycles. The Bertz CT molecular complexity index is 1410. The van der Waals surface area contributed by atoms with Gasteiger partial charge in [0.15, 0.2) is 0 Å². The van der Waals surface area contributed by atoms with Crippen LogP contribution in [-0.2, 0) is 0 Å². The van der Waals surface area contributed by atoms with E-state index < -0.39 is 0 Å². The largest absolute Gasteiger partial charge is 0.403 e. The molecular weight excluding hydrogens is 385 g/mol. The minimum atomic E-state index is 0.135. The number of benzene rings is 4. The molecule has 6 rings (SSSR count). The van der Waals surface area contributed by atoms with Crippen molar-refractivity contribution < 1.29 is 0 Å². The Balaban J connectivity index is 1.78. The van der Waals surface area contributed by atoms with Crippen molar-refractivity contribution >= 4 is 28.5 Å². The van der Waals surface area contributed by atoms with Gasteiger partial charge >= 0.3 is 6.85 Å². The highest BCUT2D eigenvalue weighted by molar-refractivity contribution is 6.87.